The average molecular weight is 316 g/mol. The third-order valence-electron chi connectivity index (χ3n) is 3.90. The molecule has 0 spiro atoms. The number of nitrogens with zero attached hydrogens (tertiary/aromatic N) is 1. The normalized spacial score (nSPS) is 16.6. The van der Waals surface area contributed by atoms with Crippen molar-refractivity contribution in [3.63, 3.8) is 0 Å². The summed E-state index contributed by atoms with van der Waals surface area (Å²) in [5.74, 6) is 0. The van der Waals surface area contributed by atoms with E-state index in [1.807, 2.05) is 13.0 Å². The molecular formula is C14H24N2O2S2. The molecule has 1 N–H and O–H groups in total. The molecule has 1 aliphatic rings. The summed E-state index contributed by atoms with van der Waals surface area (Å²) in [6, 6.07) is 2.04. The highest BCUT2D eigenvalue weighted by Gasteiger charge is 2.33. The zero-order valence-corrected chi connectivity index (χ0v) is 14.1. The monoisotopic (exact) mass is 316 g/mol. The van der Waals surface area contributed by atoms with Crippen LogP contribution in [-0.4, -0.2) is 32.4 Å². The number of sulfonamides is 1. The molecule has 1 fully saturated rings. The van der Waals surface area contributed by atoms with E-state index in [0.717, 1.165) is 48.5 Å². The Bertz CT molecular complexity index is 548. The Hall–Kier alpha value is -0.430. The van der Waals surface area contributed by atoms with Crippen molar-refractivity contribution in [2.45, 2.75) is 57.0 Å². The highest BCUT2D eigenvalue weighted by atomic mass is 32.2. The van der Waals surface area contributed by atoms with Crippen molar-refractivity contribution in [3.8, 4) is 0 Å². The second-order valence-electron chi connectivity index (χ2n) is 5.42. The van der Waals surface area contributed by atoms with Crippen LogP contribution in [0.2, 0.25) is 0 Å². The lowest BCUT2D eigenvalue weighted by Crippen LogP contribution is -2.41. The molecule has 0 unspecified atom stereocenters. The Morgan fingerprint density at radius 3 is 2.70 bits per heavy atom. The van der Waals surface area contributed by atoms with Gasteiger partial charge in [-0.15, -0.1) is 11.3 Å². The van der Waals surface area contributed by atoms with Crippen LogP contribution in [0.5, 0.6) is 0 Å². The SMILES string of the molecule is CCCNCc1cc(S(=O)(=O)N(C)C2CCC2)c(C)s1. The third-order valence-corrected chi connectivity index (χ3v) is 7.11. The van der Waals surface area contributed by atoms with Crippen molar-refractivity contribution in [2.24, 2.45) is 0 Å². The minimum atomic E-state index is -3.32. The van der Waals surface area contributed by atoms with E-state index < -0.39 is 10.0 Å². The van der Waals surface area contributed by atoms with Gasteiger partial charge >= 0.3 is 0 Å². The molecule has 1 aromatic rings. The highest BCUT2D eigenvalue weighted by Crippen LogP contribution is 2.32. The molecular weight excluding hydrogens is 292 g/mol. The van der Waals surface area contributed by atoms with Gasteiger partial charge < -0.3 is 5.32 Å². The van der Waals surface area contributed by atoms with Gasteiger partial charge in [-0.3, -0.25) is 0 Å². The van der Waals surface area contributed by atoms with E-state index in [-0.39, 0.29) is 6.04 Å². The van der Waals surface area contributed by atoms with Gasteiger partial charge in [-0.2, -0.15) is 4.31 Å². The smallest absolute Gasteiger partial charge is 0.244 e. The summed E-state index contributed by atoms with van der Waals surface area (Å²) < 4.78 is 26.8. The molecule has 1 aliphatic carbocycles. The lowest BCUT2D eigenvalue weighted by molar-refractivity contribution is 0.249. The number of thiophene rings is 1. The molecule has 20 heavy (non-hydrogen) atoms. The second kappa shape index (κ2) is 6.56. The predicted molar refractivity (Wildman–Crippen MR) is 83.6 cm³/mol. The number of nitrogens with one attached hydrogen (secondary N) is 1. The summed E-state index contributed by atoms with van der Waals surface area (Å²) >= 11 is 1.58. The van der Waals surface area contributed by atoms with Crippen LogP contribution in [0.1, 0.15) is 42.4 Å². The fraction of sp³-hybridized carbons (Fsp3) is 0.714. The van der Waals surface area contributed by atoms with Crippen molar-refractivity contribution >= 4 is 21.4 Å². The molecule has 1 saturated carbocycles. The van der Waals surface area contributed by atoms with Crippen molar-refractivity contribution in [2.75, 3.05) is 13.6 Å². The standard InChI is InChI=1S/C14H24N2O2S2/c1-4-8-15-10-13-9-14(11(2)19-13)20(17,18)16(3)12-6-5-7-12/h9,12,15H,4-8,10H2,1-3H3. The van der Waals surface area contributed by atoms with Crippen LogP contribution in [0, 0.1) is 6.92 Å². The van der Waals surface area contributed by atoms with E-state index in [9.17, 15) is 8.42 Å². The average Bonchev–Trinajstić information content (AvgIpc) is 2.69. The minimum absolute atomic E-state index is 0.195. The van der Waals surface area contributed by atoms with Crippen LogP contribution >= 0.6 is 11.3 Å². The minimum Gasteiger partial charge on any atom is -0.312 e. The highest BCUT2D eigenvalue weighted by molar-refractivity contribution is 7.89. The van der Waals surface area contributed by atoms with E-state index in [1.165, 1.54) is 0 Å². The van der Waals surface area contributed by atoms with Gasteiger partial charge in [0.25, 0.3) is 0 Å². The molecule has 0 atom stereocenters. The Morgan fingerprint density at radius 2 is 2.15 bits per heavy atom. The number of hydrogen-bond donors (Lipinski definition) is 1. The number of rotatable bonds is 7. The molecule has 0 aromatic carbocycles. The van der Waals surface area contributed by atoms with Gasteiger partial charge in [-0.1, -0.05) is 13.3 Å². The Labute approximate surface area is 126 Å². The van der Waals surface area contributed by atoms with E-state index in [4.69, 9.17) is 0 Å². The van der Waals surface area contributed by atoms with E-state index in [2.05, 4.69) is 12.2 Å². The van der Waals surface area contributed by atoms with Crippen LogP contribution in [0.3, 0.4) is 0 Å². The predicted octanol–water partition coefficient (Wildman–Crippen LogP) is 2.73. The first kappa shape index (κ1) is 15.9. The molecule has 0 bridgehead atoms. The van der Waals surface area contributed by atoms with Crippen molar-refractivity contribution in [1.82, 2.24) is 9.62 Å². The van der Waals surface area contributed by atoms with Crippen molar-refractivity contribution < 1.29 is 8.42 Å². The van der Waals surface area contributed by atoms with Crippen molar-refractivity contribution in [3.05, 3.63) is 15.8 Å². The van der Waals surface area contributed by atoms with E-state index >= 15 is 0 Å². The fourth-order valence-electron chi connectivity index (χ4n) is 2.36. The van der Waals surface area contributed by atoms with Crippen LogP contribution in [0.25, 0.3) is 0 Å². The van der Waals surface area contributed by atoms with Gasteiger partial charge in [-0.05, 0) is 38.8 Å². The number of hydrogen-bond acceptors (Lipinski definition) is 4. The Balaban J connectivity index is 2.14. The second-order valence-corrected chi connectivity index (χ2v) is 8.72. The van der Waals surface area contributed by atoms with E-state index in [0.29, 0.717) is 4.90 Å². The van der Waals surface area contributed by atoms with Crippen LogP contribution < -0.4 is 5.32 Å². The number of aryl methyl sites for hydroxylation is 1. The molecule has 4 nitrogen and oxygen atoms in total. The molecule has 1 aromatic heterocycles. The summed E-state index contributed by atoms with van der Waals surface area (Å²) in [6.45, 7) is 5.73. The molecule has 0 aliphatic heterocycles. The first-order chi connectivity index (χ1) is 9.46. The fourth-order valence-corrected chi connectivity index (χ4v) is 5.34. The summed E-state index contributed by atoms with van der Waals surface area (Å²) in [7, 11) is -1.61. The summed E-state index contributed by atoms with van der Waals surface area (Å²) in [5, 5.41) is 3.32. The maximum atomic E-state index is 12.6. The largest absolute Gasteiger partial charge is 0.312 e. The zero-order chi connectivity index (χ0) is 14.8. The van der Waals surface area contributed by atoms with E-state index in [1.54, 1.807) is 22.7 Å². The first-order valence-corrected chi connectivity index (χ1v) is 9.50. The van der Waals surface area contributed by atoms with Gasteiger partial charge in [0.15, 0.2) is 0 Å². The van der Waals surface area contributed by atoms with Crippen LogP contribution in [0.4, 0.5) is 0 Å². The van der Waals surface area contributed by atoms with Gasteiger partial charge in [-0.25, -0.2) is 8.42 Å². The maximum absolute atomic E-state index is 12.6. The summed E-state index contributed by atoms with van der Waals surface area (Å²) in [5.41, 5.74) is 0. The zero-order valence-electron chi connectivity index (χ0n) is 12.5. The van der Waals surface area contributed by atoms with Gasteiger partial charge in [0.1, 0.15) is 0 Å². The molecule has 2 rings (SSSR count). The Kier molecular flexibility index (Phi) is 5.23. The topological polar surface area (TPSA) is 49.4 Å². The molecule has 0 amide bonds. The van der Waals surface area contributed by atoms with Crippen LogP contribution in [-0.2, 0) is 16.6 Å². The summed E-state index contributed by atoms with van der Waals surface area (Å²) in [6.07, 6.45) is 4.20. The lowest BCUT2D eigenvalue weighted by Gasteiger charge is -2.33. The summed E-state index contributed by atoms with van der Waals surface area (Å²) in [4.78, 5) is 2.48. The molecule has 1 heterocycles. The van der Waals surface area contributed by atoms with Gasteiger partial charge in [0.2, 0.25) is 10.0 Å². The molecule has 6 heteroatoms. The molecule has 0 radical (unpaired) electrons. The quantitative estimate of drug-likeness (QED) is 0.787. The van der Waals surface area contributed by atoms with Gasteiger partial charge in [0.05, 0.1) is 4.90 Å². The Morgan fingerprint density at radius 1 is 1.45 bits per heavy atom. The van der Waals surface area contributed by atoms with Crippen molar-refractivity contribution in [1.29, 1.82) is 0 Å². The third kappa shape index (κ3) is 3.24. The molecule has 114 valence electrons. The van der Waals surface area contributed by atoms with Gasteiger partial charge in [0, 0.05) is 29.4 Å². The van der Waals surface area contributed by atoms with Crippen LogP contribution in [0.15, 0.2) is 11.0 Å². The maximum Gasteiger partial charge on any atom is 0.244 e. The first-order valence-electron chi connectivity index (χ1n) is 7.25. The molecule has 0 saturated heterocycles. The lowest BCUT2D eigenvalue weighted by atomic mass is 9.94.